The Morgan fingerprint density at radius 3 is 2.67 bits per heavy atom. The zero-order valence-electron chi connectivity index (χ0n) is 13.1. The van der Waals surface area contributed by atoms with E-state index in [-0.39, 0.29) is 17.0 Å². The molecule has 0 bridgehead atoms. The maximum Gasteiger partial charge on any atom is 0.330 e. The summed E-state index contributed by atoms with van der Waals surface area (Å²) in [4.78, 5) is 23.4. The Labute approximate surface area is 142 Å². The van der Waals surface area contributed by atoms with Crippen LogP contribution in [0.15, 0.2) is 22.7 Å². The lowest BCUT2D eigenvalue weighted by atomic mass is 10.1. The monoisotopic (exact) mass is 354 g/mol. The van der Waals surface area contributed by atoms with Crippen LogP contribution in [0.5, 0.6) is 0 Å². The van der Waals surface area contributed by atoms with Crippen LogP contribution < -0.4 is 5.32 Å². The van der Waals surface area contributed by atoms with Gasteiger partial charge in [0.1, 0.15) is 11.6 Å². The lowest BCUT2D eigenvalue weighted by molar-refractivity contribution is -0.142. The number of aryl methyl sites for hydroxylation is 2. The number of rotatable bonds is 6. The molecule has 0 aliphatic rings. The summed E-state index contributed by atoms with van der Waals surface area (Å²) in [6.07, 6.45) is 0.428. The SMILES string of the molecule is Cc1noc(C)c1CCC(=O)NC(C(=O)O)c1ccc(Cl)c(F)c1. The molecule has 128 valence electrons. The molecule has 2 rings (SSSR count). The predicted octanol–water partition coefficient (Wildman–Crippen LogP) is 2.96. The Hall–Kier alpha value is -2.41. The molecule has 1 aromatic carbocycles. The number of carboxylic acids is 1. The van der Waals surface area contributed by atoms with Gasteiger partial charge in [-0.05, 0) is 38.0 Å². The Kier molecular flexibility index (Phi) is 5.56. The van der Waals surface area contributed by atoms with E-state index in [1.807, 2.05) is 0 Å². The van der Waals surface area contributed by atoms with Crippen molar-refractivity contribution in [2.75, 3.05) is 0 Å². The molecule has 0 saturated heterocycles. The zero-order chi connectivity index (χ0) is 17.9. The van der Waals surface area contributed by atoms with Crippen molar-refractivity contribution in [2.45, 2.75) is 32.7 Å². The summed E-state index contributed by atoms with van der Waals surface area (Å²) >= 11 is 5.58. The summed E-state index contributed by atoms with van der Waals surface area (Å²) in [5.41, 5.74) is 1.61. The summed E-state index contributed by atoms with van der Waals surface area (Å²) in [5.74, 6) is -1.89. The highest BCUT2D eigenvalue weighted by Crippen LogP contribution is 2.21. The highest BCUT2D eigenvalue weighted by atomic mass is 35.5. The molecule has 1 atom stereocenters. The second kappa shape index (κ2) is 7.44. The quantitative estimate of drug-likeness (QED) is 0.832. The average Bonchev–Trinajstić information content (AvgIpc) is 2.84. The summed E-state index contributed by atoms with van der Waals surface area (Å²) in [5, 5.41) is 15.3. The first-order valence-corrected chi connectivity index (χ1v) is 7.56. The molecular formula is C16H16ClFN2O4. The molecule has 1 heterocycles. The van der Waals surface area contributed by atoms with E-state index in [0.29, 0.717) is 17.9 Å². The number of carboxylic acid groups (broad SMARTS) is 1. The molecule has 0 spiro atoms. The van der Waals surface area contributed by atoms with Gasteiger partial charge in [-0.2, -0.15) is 0 Å². The van der Waals surface area contributed by atoms with Gasteiger partial charge < -0.3 is 14.9 Å². The lowest BCUT2D eigenvalue weighted by Gasteiger charge is -2.15. The smallest absolute Gasteiger partial charge is 0.330 e. The van der Waals surface area contributed by atoms with Crippen molar-refractivity contribution in [3.63, 3.8) is 0 Å². The minimum absolute atomic E-state index is 0.0583. The molecule has 2 aromatic rings. The number of nitrogens with one attached hydrogen (secondary N) is 1. The fourth-order valence-electron chi connectivity index (χ4n) is 2.31. The number of benzene rings is 1. The van der Waals surface area contributed by atoms with Crippen molar-refractivity contribution in [3.8, 4) is 0 Å². The Bertz CT molecular complexity index is 756. The van der Waals surface area contributed by atoms with Gasteiger partial charge in [0.15, 0.2) is 6.04 Å². The van der Waals surface area contributed by atoms with E-state index in [0.717, 1.165) is 11.6 Å². The first kappa shape index (κ1) is 17.9. The Balaban J connectivity index is 2.06. The molecule has 1 amide bonds. The van der Waals surface area contributed by atoms with Crippen molar-refractivity contribution in [2.24, 2.45) is 0 Å². The van der Waals surface area contributed by atoms with Crippen LogP contribution in [-0.2, 0) is 16.0 Å². The molecule has 0 aliphatic carbocycles. The minimum Gasteiger partial charge on any atom is -0.479 e. The number of amides is 1. The fraction of sp³-hybridized carbons (Fsp3) is 0.312. The second-order valence-corrected chi connectivity index (χ2v) is 5.72. The van der Waals surface area contributed by atoms with E-state index in [1.165, 1.54) is 12.1 Å². The molecule has 2 N–H and O–H groups in total. The maximum absolute atomic E-state index is 13.5. The largest absolute Gasteiger partial charge is 0.479 e. The van der Waals surface area contributed by atoms with Crippen molar-refractivity contribution in [1.82, 2.24) is 10.5 Å². The Morgan fingerprint density at radius 2 is 2.12 bits per heavy atom. The number of carbonyl (C=O) groups is 2. The van der Waals surface area contributed by atoms with Crippen LogP contribution in [-0.4, -0.2) is 22.1 Å². The second-order valence-electron chi connectivity index (χ2n) is 5.32. The predicted molar refractivity (Wildman–Crippen MR) is 84.2 cm³/mol. The normalized spacial score (nSPS) is 12.0. The van der Waals surface area contributed by atoms with Gasteiger partial charge >= 0.3 is 5.97 Å². The van der Waals surface area contributed by atoms with Crippen molar-refractivity contribution < 1.29 is 23.6 Å². The first-order valence-electron chi connectivity index (χ1n) is 7.18. The first-order chi connectivity index (χ1) is 11.3. The lowest BCUT2D eigenvalue weighted by Crippen LogP contribution is -2.34. The molecular weight excluding hydrogens is 339 g/mol. The Morgan fingerprint density at radius 1 is 1.42 bits per heavy atom. The molecule has 24 heavy (non-hydrogen) atoms. The number of aliphatic carboxylic acids is 1. The minimum atomic E-state index is -1.35. The third-order valence-electron chi connectivity index (χ3n) is 3.61. The molecule has 0 fully saturated rings. The molecule has 1 aromatic heterocycles. The van der Waals surface area contributed by atoms with E-state index < -0.39 is 23.7 Å². The van der Waals surface area contributed by atoms with E-state index in [1.54, 1.807) is 13.8 Å². The van der Waals surface area contributed by atoms with Crippen LogP contribution in [0.4, 0.5) is 4.39 Å². The number of nitrogens with zero attached hydrogens (tertiary/aromatic N) is 1. The third-order valence-corrected chi connectivity index (χ3v) is 3.92. The highest BCUT2D eigenvalue weighted by Gasteiger charge is 2.23. The molecule has 0 saturated carbocycles. The van der Waals surface area contributed by atoms with Gasteiger partial charge in [-0.1, -0.05) is 22.8 Å². The van der Waals surface area contributed by atoms with Gasteiger partial charge in [-0.3, -0.25) is 4.79 Å². The van der Waals surface area contributed by atoms with Gasteiger partial charge in [-0.15, -0.1) is 0 Å². The van der Waals surface area contributed by atoms with Crippen LogP contribution in [0.25, 0.3) is 0 Å². The van der Waals surface area contributed by atoms with Crippen LogP contribution >= 0.6 is 11.6 Å². The third kappa shape index (κ3) is 4.11. The summed E-state index contributed by atoms with van der Waals surface area (Å²) < 4.78 is 18.5. The molecule has 0 aliphatic heterocycles. The molecule has 8 heteroatoms. The van der Waals surface area contributed by atoms with Crippen molar-refractivity contribution >= 4 is 23.5 Å². The van der Waals surface area contributed by atoms with E-state index in [9.17, 15) is 19.1 Å². The number of hydrogen-bond acceptors (Lipinski definition) is 4. The molecule has 6 nitrogen and oxygen atoms in total. The van der Waals surface area contributed by atoms with E-state index in [4.69, 9.17) is 16.1 Å². The highest BCUT2D eigenvalue weighted by molar-refractivity contribution is 6.30. The van der Waals surface area contributed by atoms with Crippen LogP contribution in [0.1, 0.15) is 35.0 Å². The average molecular weight is 355 g/mol. The van der Waals surface area contributed by atoms with E-state index >= 15 is 0 Å². The van der Waals surface area contributed by atoms with Gasteiger partial charge in [0.05, 0.1) is 10.7 Å². The standard InChI is InChI=1S/C16H16ClFN2O4/c1-8-11(9(2)24-20-8)4-6-14(21)19-15(16(22)23)10-3-5-12(17)13(18)7-10/h3,5,7,15H,4,6H2,1-2H3,(H,19,21)(H,22,23). The maximum atomic E-state index is 13.5. The zero-order valence-corrected chi connectivity index (χ0v) is 13.9. The van der Waals surface area contributed by atoms with Gasteiger partial charge in [0.2, 0.25) is 5.91 Å². The van der Waals surface area contributed by atoms with Gasteiger partial charge in [0.25, 0.3) is 0 Å². The number of halogens is 2. The summed E-state index contributed by atoms with van der Waals surface area (Å²) in [6.45, 7) is 3.50. The molecule has 0 radical (unpaired) electrons. The number of aromatic nitrogens is 1. The topological polar surface area (TPSA) is 92.4 Å². The van der Waals surface area contributed by atoms with Crippen LogP contribution in [0, 0.1) is 19.7 Å². The van der Waals surface area contributed by atoms with Crippen molar-refractivity contribution in [3.05, 3.63) is 51.6 Å². The summed E-state index contributed by atoms with van der Waals surface area (Å²) in [6, 6.07) is 2.25. The fourth-order valence-corrected chi connectivity index (χ4v) is 2.43. The molecule has 1 unspecified atom stereocenters. The number of carbonyl (C=O) groups excluding carboxylic acids is 1. The van der Waals surface area contributed by atoms with Crippen LogP contribution in [0.3, 0.4) is 0 Å². The number of hydrogen-bond donors (Lipinski definition) is 2. The van der Waals surface area contributed by atoms with Crippen molar-refractivity contribution in [1.29, 1.82) is 0 Å². The van der Waals surface area contributed by atoms with E-state index in [2.05, 4.69) is 10.5 Å². The summed E-state index contributed by atoms with van der Waals surface area (Å²) in [7, 11) is 0. The van der Waals surface area contributed by atoms with Crippen LogP contribution in [0.2, 0.25) is 5.02 Å². The van der Waals surface area contributed by atoms with Gasteiger partial charge in [0, 0.05) is 12.0 Å². The van der Waals surface area contributed by atoms with Gasteiger partial charge in [-0.25, -0.2) is 9.18 Å².